The van der Waals surface area contributed by atoms with E-state index in [-0.39, 0.29) is 55.6 Å². The number of hydrogen-bond acceptors (Lipinski definition) is 8. The van der Waals surface area contributed by atoms with Crippen LogP contribution in [0.1, 0.15) is 319 Å². The molecule has 89 heavy (non-hydrogen) atoms. The van der Waals surface area contributed by atoms with Gasteiger partial charge in [-0.2, -0.15) is 0 Å². The van der Waals surface area contributed by atoms with E-state index in [1.54, 1.807) is 20.8 Å². The van der Waals surface area contributed by atoms with Crippen LogP contribution in [0.5, 0.6) is 0 Å². The highest BCUT2D eigenvalue weighted by molar-refractivity contribution is 7.98. The van der Waals surface area contributed by atoms with E-state index in [0.29, 0.717) is 76.9 Å². The predicted molar refractivity (Wildman–Crippen MR) is 370 cm³/mol. The summed E-state index contributed by atoms with van der Waals surface area (Å²) in [5.41, 5.74) is 10.0. The molecule has 0 spiro atoms. The number of carbonyl (C=O) groups is 6. The van der Waals surface area contributed by atoms with Gasteiger partial charge in [0.15, 0.2) is 0 Å². The number of fused-ring (bicyclic) bond motifs is 9. The lowest BCUT2D eigenvalue weighted by Crippen LogP contribution is -2.71. The van der Waals surface area contributed by atoms with Gasteiger partial charge in [0.25, 0.3) is 0 Å². The van der Waals surface area contributed by atoms with E-state index < -0.39 is 19.4 Å². The second-order valence-electron chi connectivity index (χ2n) is 39.9. The largest absolute Gasteiger partial charge is 0.369 e. The summed E-state index contributed by atoms with van der Waals surface area (Å²) in [6.07, 6.45) is 33.1. The molecule has 4 N–H and O–H groups in total. The summed E-state index contributed by atoms with van der Waals surface area (Å²) in [5.74, 6) is 8.16. The molecule has 3 amide bonds. The molecule has 0 aromatic heterocycles. The molecule has 0 radical (unpaired) electrons. The second kappa shape index (κ2) is 22.5. The minimum Gasteiger partial charge on any atom is -0.369 e. The van der Waals surface area contributed by atoms with Crippen LogP contribution in [0.25, 0.3) is 0 Å². The van der Waals surface area contributed by atoms with Crippen molar-refractivity contribution in [2.45, 2.75) is 319 Å². The molecule has 0 heterocycles. The molecule has 2 unspecified atom stereocenters. The summed E-state index contributed by atoms with van der Waals surface area (Å²) in [6.45, 7) is 47.0. The average Bonchev–Trinajstić information content (AvgIpc) is 0.676. The van der Waals surface area contributed by atoms with Crippen molar-refractivity contribution in [1.82, 2.24) is 9.44 Å². The molecule has 18 aliphatic rings. The monoisotopic (exact) mass is 1280 g/mol. The van der Waals surface area contributed by atoms with Gasteiger partial charge in [0.05, 0.1) is 16.2 Å². The molecule has 2 atom stereocenters. The summed E-state index contributed by atoms with van der Waals surface area (Å²) in [6, 6.07) is 0. The quantitative estimate of drug-likeness (QED) is 0.200. The summed E-state index contributed by atoms with van der Waals surface area (Å²) < 4.78 is 28.3. The molecule has 18 aliphatic carbocycles. The number of amides is 3. The molecule has 11 nitrogen and oxygen atoms in total. The lowest BCUT2D eigenvalue weighted by Gasteiger charge is -2.74. The molecule has 510 valence electrons. The highest BCUT2D eigenvalue weighted by Crippen LogP contribution is 2.81. The number of nitrogens with one attached hydrogen (secondary N) is 2. The summed E-state index contributed by atoms with van der Waals surface area (Å²) >= 11 is 0. The van der Waals surface area contributed by atoms with Gasteiger partial charge in [0.1, 0.15) is 17.3 Å². The van der Waals surface area contributed by atoms with Gasteiger partial charge in [0.2, 0.25) is 17.7 Å². The third-order valence-electron chi connectivity index (χ3n) is 29.7. The third-order valence-corrected chi connectivity index (χ3v) is 31.0. The Balaban J connectivity index is 0.000000153. The van der Waals surface area contributed by atoms with E-state index >= 15 is 0 Å². The highest BCUT2D eigenvalue weighted by atomic mass is 32.2. The van der Waals surface area contributed by atoms with Crippen LogP contribution in [0.15, 0.2) is 0 Å². The number of nitrogens with two attached hydrogens (primary N) is 1. The summed E-state index contributed by atoms with van der Waals surface area (Å²) in [5, 5.41) is 0. The Hall–Kier alpha value is -2.54. The van der Waals surface area contributed by atoms with E-state index in [4.69, 9.17) is 5.73 Å². The number of Topliss-reactive ketones (excluding diaryl/α,β-unsaturated/α-hetero) is 3. The topological polar surface area (TPSA) is 187 Å². The lowest BCUT2D eigenvalue weighted by atomic mass is 9.28. The van der Waals surface area contributed by atoms with E-state index in [9.17, 15) is 37.2 Å². The summed E-state index contributed by atoms with van der Waals surface area (Å²) in [4.78, 5) is 70.1. The molecule has 0 saturated heterocycles. The Kier molecular flexibility index (Phi) is 18.7. The molecular formula is C76H131N3O8S2. The van der Waals surface area contributed by atoms with Gasteiger partial charge in [-0.25, -0.2) is 8.42 Å². The first-order valence-corrected chi connectivity index (χ1v) is 39.1. The van der Waals surface area contributed by atoms with E-state index in [2.05, 4.69) is 146 Å². The van der Waals surface area contributed by atoms with E-state index in [1.807, 2.05) is 0 Å². The first-order chi connectivity index (χ1) is 39.8. The van der Waals surface area contributed by atoms with E-state index in [1.165, 1.54) is 70.3 Å². The van der Waals surface area contributed by atoms with Crippen LogP contribution < -0.4 is 15.2 Å². The maximum atomic E-state index is 12.4. The minimum atomic E-state index is -2.45. The van der Waals surface area contributed by atoms with Gasteiger partial charge >= 0.3 is 0 Å². The van der Waals surface area contributed by atoms with Crippen molar-refractivity contribution in [2.24, 2.45) is 103 Å². The van der Waals surface area contributed by atoms with Gasteiger partial charge in [-0.3, -0.25) is 38.2 Å². The Morgan fingerprint density at radius 2 is 0.483 bits per heavy atom. The van der Waals surface area contributed by atoms with Crippen molar-refractivity contribution >= 4 is 66.2 Å². The smallest absolute Gasteiger partial charge is 0.237 e. The van der Waals surface area contributed by atoms with Crippen LogP contribution in [-0.4, -0.2) is 67.7 Å². The molecule has 18 saturated carbocycles. The molecule has 0 aromatic rings. The van der Waals surface area contributed by atoms with E-state index in [0.717, 1.165) is 116 Å². The second-order valence-corrected chi connectivity index (χ2v) is 44.3. The van der Waals surface area contributed by atoms with Crippen LogP contribution in [0.4, 0.5) is 0 Å². The van der Waals surface area contributed by atoms with Crippen molar-refractivity contribution in [1.29, 1.82) is 0 Å². The van der Waals surface area contributed by atoms with Crippen LogP contribution in [0.3, 0.4) is 0 Å². The fourth-order valence-corrected chi connectivity index (χ4v) is 21.8. The standard InChI is InChI=1S/C15H27NO2S.2C14H24O.C12H21NO2S.C11H18O.C10H17NO/c1-13(2,3)15-9-6-14(7-10-15,8-11-15)12(17)16-19(4,5)18;2*1-11(15)13-5-8-14(9-6-13,10-7-13)12(2,3)4;1-10(2,3)12-6-11(7-12,8-12)9(14)13-16(4,5)15;1-8(12)10-5-11(6-10,7-10)9(2,3)4;1-8(2,3)10-4-9(5-10,6-10)7(11)12/h4,6-11H2,1-3,5H3,(H,16,17,18);2*5-10H2,1-4H3;4,6-8H2,1-3,5H3,(H,13,14,15);5-7H2,1-4H3;4-6H2,1-3H3,(H2,11,12). The normalized spacial score (nSPS) is 41.0. The minimum absolute atomic E-state index is 0.0304. The highest BCUT2D eigenvalue weighted by Gasteiger charge is 2.76. The Labute approximate surface area is 544 Å². The zero-order valence-electron chi connectivity index (χ0n) is 61.2. The summed E-state index contributed by atoms with van der Waals surface area (Å²) in [7, 11) is -4.86. The van der Waals surface area contributed by atoms with Crippen molar-refractivity contribution in [3.05, 3.63) is 0 Å². The first-order valence-electron chi connectivity index (χ1n) is 34.9. The van der Waals surface area contributed by atoms with Crippen LogP contribution in [0.2, 0.25) is 0 Å². The first kappa shape index (κ1) is 73.9. The van der Waals surface area contributed by atoms with Gasteiger partial charge in [-0.1, -0.05) is 125 Å². The number of rotatable bonds is 8. The molecule has 0 aromatic carbocycles. The fraction of sp³-hybridized carbons (Fsp3) is 0.895. The zero-order chi connectivity index (χ0) is 68.0. The predicted octanol–water partition coefficient (Wildman–Crippen LogP) is 16.7. The number of primary amides is 1. The van der Waals surface area contributed by atoms with Crippen LogP contribution in [0, 0.1) is 97.5 Å². The van der Waals surface area contributed by atoms with Gasteiger partial charge < -0.3 is 5.73 Å². The fourth-order valence-electron chi connectivity index (χ4n) is 20.6. The molecule has 13 heteroatoms. The van der Waals surface area contributed by atoms with Crippen molar-refractivity contribution in [3.8, 4) is 0 Å². The lowest BCUT2D eigenvalue weighted by molar-refractivity contribution is -0.247. The SMILES string of the molecule is C=S(C)(=O)NC(=O)C12CC(C(C)(C)C)(C1)C2.C=S(C)(=O)NC(=O)C12CCC(C(C)(C)C)(CC1)CC2.CC(=O)C12CC(C(C)(C)C)(C1)C2.CC(=O)C12CCC(C(C)(C)C)(CC1)CC2.CC(=O)C12CCC(C(C)(C)C)(CC1)CC2.CC(C)(C)C12CC(C(N)=O)(C1)C2. The van der Waals surface area contributed by atoms with Crippen LogP contribution in [-0.2, 0) is 48.2 Å². The Bertz CT molecular complexity index is 2780. The van der Waals surface area contributed by atoms with Crippen molar-refractivity contribution in [3.63, 3.8) is 0 Å². The third kappa shape index (κ3) is 12.9. The van der Waals surface area contributed by atoms with Crippen LogP contribution >= 0.6 is 0 Å². The molecule has 0 aliphatic heterocycles. The molecule has 12 bridgehead atoms. The zero-order valence-corrected chi connectivity index (χ0v) is 62.8. The van der Waals surface area contributed by atoms with Crippen molar-refractivity contribution in [2.75, 3.05) is 12.5 Å². The van der Waals surface area contributed by atoms with Gasteiger partial charge in [0, 0.05) is 48.2 Å². The van der Waals surface area contributed by atoms with Gasteiger partial charge in [-0.05, 0) is 271 Å². The molecule has 18 rings (SSSR count). The Morgan fingerprint density at radius 1 is 0.303 bits per heavy atom. The molecule has 18 fully saturated rings. The maximum absolute atomic E-state index is 12.4. The van der Waals surface area contributed by atoms with Crippen molar-refractivity contribution < 1.29 is 37.2 Å². The maximum Gasteiger partial charge on any atom is 0.237 e. The number of carbonyl (C=O) groups excluding carboxylic acids is 6. The molecular weight excluding hydrogens is 1150 g/mol. The number of hydrogen-bond donors (Lipinski definition) is 3. The Morgan fingerprint density at radius 3 is 0.663 bits per heavy atom. The van der Waals surface area contributed by atoms with Gasteiger partial charge in [-0.15, -0.1) is 0 Å². The average molecular weight is 1280 g/mol. The number of ketones is 3.